The molecule has 6 unspecified atom stereocenters. The molecule has 7 nitrogen and oxygen atoms in total. The molecule has 2 aromatic rings. The molecule has 2 aliphatic rings. The number of ether oxygens (including phenoxy) is 1. The molecule has 190 valence electrons. The quantitative estimate of drug-likeness (QED) is 0.437. The molecule has 2 saturated carbocycles. The molecule has 2 aliphatic carbocycles. The molecule has 0 aliphatic heterocycles. The van der Waals surface area contributed by atoms with Crippen LogP contribution < -0.4 is 0 Å². The standard InChI is InChI=1S/C27H44N4O3/c1-16(2)8-9-32-23-11-17(3)10-19(15-23)25-30-31-26(34-25)21-12-20(24-29-28-18(4)33-24)13-22(14-21)27(5,6)7/h16-17,19-23H,8-15H2,1-7H3. The zero-order valence-corrected chi connectivity index (χ0v) is 22.2. The van der Waals surface area contributed by atoms with Gasteiger partial charge in [-0.05, 0) is 68.1 Å². The van der Waals surface area contributed by atoms with Crippen LogP contribution in [0.2, 0.25) is 0 Å². The van der Waals surface area contributed by atoms with Gasteiger partial charge < -0.3 is 13.6 Å². The van der Waals surface area contributed by atoms with Crippen molar-refractivity contribution in [1.29, 1.82) is 0 Å². The van der Waals surface area contributed by atoms with Crippen molar-refractivity contribution < 1.29 is 13.6 Å². The zero-order valence-electron chi connectivity index (χ0n) is 22.2. The topological polar surface area (TPSA) is 87.1 Å². The largest absolute Gasteiger partial charge is 0.425 e. The van der Waals surface area contributed by atoms with Crippen molar-refractivity contribution in [2.24, 2.45) is 23.2 Å². The number of hydrogen-bond donors (Lipinski definition) is 0. The second-order valence-electron chi connectivity index (χ2n) is 12.5. The normalized spacial score (nSPS) is 30.7. The third kappa shape index (κ3) is 6.27. The van der Waals surface area contributed by atoms with Gasteiger partial charge in [0, 0.05) is 31.3 Å². The lowest BCUT2D eigenvalue weighted by molar-refractivity contribution is 0.00164. The highest BCUT2D eigenvalue weighted by molar-refractivity contribution is 5.06. The number of hydrogen-bond acceptors (Lipinski definition) is 7. The Balaban J connectivity index is 1.47. The number of rotatable bonds is 7. The molecule has 0 radical (unpaired) electrons. The number of nitrogens with zero attached hydrogens (tertiary/aromatic N) is 4. The molecule has 0 bridgehead atoms. The Kier molecular flexibility index (Phi) is 7.80. The third-order valence-corrected chi connectivity index (χ3v) is 7.93. The van der Waals surface area contributed by atoms with Gasteiger partial charge in [0.2, 0.25) is 23.6 Å². The van der Waals surface area contributed by atoms with E-state index < -0.39 is 0 Å². The maximum absolute atomic E-state index is 6.41. The van der Waals surface area contributed by atoms with Crippen LogP contribution in [0.4, 0.5) is 0 Å². The van der Waals surface area contributed by atoms with E-state index in [1.807, 2.05) is 6.92 Å². The second-order valence-corrected chi connectivity index (χ2v) is 12.5. The van der Waals surface area contributed by atoms with Crippen molar-refractivity contribution in [2.45, 2.75) is 117 Å². The lowest BCUT2D eigenvalue weighted by atomic mass is 9.65. The fourth-order valence-electron chi connectivity index (χ4n) is 5.83. The maximum atomic E-state index is 6.41. The summed E-state index contributed by atoms with van der Waals surface area (Å²) in [4.78, 5) is 0. The zero-order chi connectivity index (χ0) is 24.5. The van der Waals surface area contributed by atoms with Gasteiger partial charge in [0.05, 0.1) is 6.10 Å². The summed E-state index contributed by atoms with van der Waals surface area (Å²) < 4.78 is 18.5. The summed E-state index contributed by atoms with van der Waals surface area (Å²) in [5, 5.41) is 17.6. The monoisotopic (exact) mass is 472 g/mol. The van der Waals surface area contributed by atoms with Gasteiger partial charge in [-0.1, -0.05) is 41.5 Å². The average Bonchev–Trinajstić information content (AvgIpc) is 3.42. The first-order chi connectivity index (χ1) is 16.1. The molecule has 2 fully saturated rings. The fraction of sp³-hybridized carbons (Fsp3) is 0.852. The lowest BCUT2D eigenvalue weighted by Crippen LogP contribution is -2.30. The highest BCUT2D eigenvalue weighted by atomic mass is 16.5. The van der Waals surface area contributed by atoms with Crippen LogP contribution in [0.5, 0.6) is 0 Å². The van der Waals surface area contributed by atoms with Crippen LogP contribution in [0.1, 0.15) is 128 Å². The third-order valence-electron chi connectivity index (χ3n) is 7.93. The molecule has 34 heavy (non-hydrogen) atoms. The van der Waals surface area contributed by atoms with Crippen LogP contribution in [-0.2, 0) is 4.74 Å². The summed E-state index contributed by atoms with van der Waals surface area (Å²) in [6.07, 6.45) is 7.60. The molecule has 2 aromatic heterocycles. The maximum Gasteiger partial charge on any atom is 0.219 e. The Morgan fingerprint density at radius 1 is 0.824 bits per heavy atom. The van der Waals surface area contributed by atoms with Crippen molar-refractivity contribution in [3.8, 4) is 0 Å². The van der Waals surface area contributed by atoms with Crippen molar-refractivity contribution in [3.05, 3.63) is 23.6 Å². The molecule has 2 heterocycles. The molecule has 7 heteroatoms. The second kappa shape index (κ2) is 10.5. The molecule has 4 rings (SSSR count). The Morgan fingerprint density at radius 2 is 1.41 bits per heavy atom. The summed E-state index contributed by atoms with van der Waals surface area (Å²) in [5.74, 6) is 5.47. The fourth-order valence-corrected chi connectivity index (χ4v) is 5.83. The Bertz CT molecular complexity index is 915. The van der Waals surface area contributed by atoms with E-state index in [4.69, 9.17) is 13.6 Å². The average molecular weight is 473 g/mol. The van der Waals surface area contributed by atoms with Gasteiger partial charge in [-0.3, -0.25) is 0 Å². The van der Waals surface area contributed by atoms with Gasteiger partial charge in [-0.15, -0.1) is 20.4 Å². The number of aromatic nitrogens is 4. The summed E-state index contributed by atoms with van der Waals surface area (Å²) >= 11 is 0. The van der Waals surface area contributed by atoms with E-state index in [1.54, 1.807) is 0 Å². The molecular formula is C27H44N4O3. The van der Waals surface area contributed by atoms with Gasteiger partial charge in [-0.2, -0.15) is 0 Å². The summed E-state index contributed by atoms with van der Waals surface area (Å²) in [7, 11) is 0. The molecule has 0 saturated heterocycles. The number of aryl methyl sites for hydroxylation is 1. The first kappa shape index (κ1) is 25.3. The lowest BCUT2D eigenvalue weighted by Gasteiger charge is -2.39. The Hall–Kier alpha value is -1.76. The van der Waals surface area contributed by atoms with Crippen LogP contribution in [0, 0.1) is 30.1 Å². The minimum Gasteiger partial charge on any atom is -0.425 e. The van der Waals surface area contributed by atoms with Crippen molar-refractivity contribution in [2.75, 3.05) is 6.61 Å². The molecule has 0 N–H and O–H groups in total. The van der Waals surface area contributed by atoms with Crippen LogP contribution in [0.25, 0.3) is 0 Å². The first-order valence-electron chi connectivity index (χ1n) is 13.3. The highest BCUT2D eigenvalue weighted by Crippen LogP contribution is 2.49. The smallest absolute Gasteiger partial charge is 0.219 e. The van der Waals surface area contributed by atoms with E-state index in [0.717, 1.165) is 69.2 Å². The summed E-state index contributed by atoms with van der Waals surface area (Å²) in [6.45, 7) is 16.4. The van der Waals surface area contributed by atoms with Gasteiger partial charge in [0.25, 0.3) is 0 Å². The molecule has 0 spiro atoms. The molecule has 6 atom stereocenters. The predicted octanol–water partition coefficient (Wildman–Crippen LogP) is 6.81. The van der Waals surface area contributed by atoms with Gasteiger partial charge in [-0.25, -0.2) is 0 Å². The van der Waals surface area contributed by atoms with Crippen molar-refractivity contribution in [1.82, 2.24) is 20.4 Å². The van der Waals surface area contributed by atoms with Crippen molar-refractivity contribution in [3.63, 3.8) is 0 Å². The SMILES string of the molecule is Cc1nnc(C2CC(c3nnc(C4CC(C)CC(OCCC(C)C)C4)o3)CC(C(C)(C)C)C2)o1. The van der Waals surface area contributed by atoms with Crippen molar-refractivity contribution >= 4 is 0 Å². The van der Waals surface area contributed by atoms with Crippen LogP contribution in [0.15, 0.2) is 8.83 Å². The van der Waals surface area contributed by atoms with Gasteiger partial charge in [0.1, 0.15) is 0 Å². The van der Waals surface area contributed by atoms with Gasteiger partial charge >= 0.3 is 0 Å². The van der Waals surface area contributed by atoms with E-state index in [2.05, 4.69) is 61.9 Å². The van der Waals surface area contributed by atoms with Gasteiger partial charge in [0.15, 0.2) is 0 Å². The summed E-state index contributed by atoms with van der Waals surface area (Å²) in [5.41, 5.74) is 0.189. The van der Waals surface area contributed by atoms with Crippen LogP contribution in [-0.4, -0.2) is 33.1 Å². The molecule has 0 amide bonds. The van der Waals surface area contributed by atoms with E-state index in [1.165, 1.54) is 0 Å². The van der Waals surface area contributed by atoms with E-state index in [9.17, 15) is 0 Å². The van der Waals surface area contributed by atoms with E-state index in [0.29, 0.717) is 23.6 Å². The Morgan fingerprint density at radius 3 is 1.97 bits per heavy atom. The minimum absolute atomic E-state index is 0.189. The van der Waals surface area contributed by atoms with E-state index in [-0.39, 0.29) is 29.3 Å². The first-order valence-corrected chi connectivity index (χ1v) is 13.3. The summed E-state index contributed by atoms with van der Waals surface area (Å²) in [6, 6.07) is 0. The Labute approximate surface area is 204 Å². The molecular weight excluding hydrogens is 428 g/mol. The highest BCUT2D eigenvalue weighted by Gasteiger charge is 2.41. The predicted molar refractivity (Wildman–Crippen MR) is 131 cm³/mol. The van der Waals surface area contributed by atoms with E-state index >= 15 is 0 Å². The minimum atomic E-state index is 0.189. The van der Waals surface area contributed by atoms with Crippen LogP contribution in [0.3, 0.4) is 0 Å². The van der Waals surface area contributed by atoms with Crippen LogP contribution >= 0.6 is 0 Å². The molecule has 0 aromatic carbocycles.